The number of imidazole rings is 1. The molecule has 1 heterocycles. The Kier molecular flexibility index (Phi) is 3.10. The van der Waals surface area contributed by atoms with E-state index in [-0.39, 0.29) is 11.4 Å². The zero-order valence-electron chi connectivity index (χ0n) is 8.80. The first-order chi connectivity index (χ1) is 7.69. The second kappa shape index (κ2) is 4.37. The highest BCUT2D eigenvalue weighted by Crippen LogP contribution is 2.23. The van der Waals surface area contributed by atoms with Crippen molar-refractivity contribution in [1.29, 1.82) is 0 Å². The van der Waals surface area contributed by atoms with Crippen LogP contribution in [0.1, 0.15) is 19.2 Å². The lowest BCUT2D eigenvalue weighted by Gasteiger charge is -2.05. The van der Waals surface area contributed by atoms with Crippen LogP contribution in [0.3, 0.4) is 0 Å². The Hall–Kier alpha value is -1.16. The quantitative estimate of drug-likeness (QED) is 0.756. The third-order valence-electron chi connectivity index (χ3n) is 2.45. The van der Waals surface area contributed by atoms with Gasteiger partial charge in [0.15, 0.2) is 11.6 Å². The number of benzene rings is 1. The zero-order valence-corrected chi connectivity index (χ0v) is 9.56. The van der Waals surface area contributed by atoms with Gasteiger partial charge in [0.05, 0.1) is 11.4 Å². The molecule has 0 aliphatic heterocycles. The number of nitrogens with zero attached hydrogens (tertiary/aromatic N) is 2. The maximum absolute atomic E-state index is 13.7. The van der Waals surface area contributed by atoms with Crippen LogP contribution in [0.25, 0.3) is 11.0 Å². The number of fused-ring (bicyclic) bond motifs is 1. The predicted octanol–water partition coefficient (Wildman–Crippen LogP) is 3.46. The van der Waals surface area contributed by atoms with Crippen molar-refractivity contribution in [2.75, 3.05) is 0 Å². The van der Waals surface area contributed by atoms with Gasteiger partial charge in [0.2, 0.25) is 0 Å². The van der Waals surface area contributed by atoms with Gasteiger partial charge in [0, 0.05) is 6.54 Å². The fourth-order valence-electron chi connectivity index (χ4n) is 1.77. The van der Waals surface area contributed by atoms with E-state index in [1.807, 2.05) is 6.92 Å². The van der Waals surface area contributed by atoms with Crippen molar-refractivity contribution in [3.63, 3.8) is 0 Å². The molecule has 2 nitrogen and oxygen atoms in total. The largest absolute Gasteiger partial charge is 0.324 e. The second-order valence-electron chi connectivity index (χ2n) is 3.54. The summed E-state index contributed by atoms with van der Waals surface area (Å²) in [6.07, 6.45) is 0.811. The Morgan fingerprint density at radius 1 is 1.38 bits per heavy atom. The van der Waals surface area contributed by atoms with Crippen LogP contribution in [0.5, 0.6) is 0 Å². The van der Waals surface area contributed by atoms with Crippen LogP contribution in [0, 0.1) is 11.6 Å². The van der Waals surface area contributed by atoms with E-state index in [2.05, 4.69) is 4.98 Å². The molecular weight excluding hydrogens is 234 g/mol. The summed E-state index contributed by atoms with van der Waals surface area (Å²) in [5.74, 6) is -0.945. The minimum atomic E-state index is -0.856. The summed E-state index contributed by atoms with van der Waals surface area (Å²) in [5.41, 5.74) is 0.653. The molecule has 0 radical (unpaired) electrons. The van der Waals surface area contributed by atoms with Crippen LogP contribution in [-0.2, 0) is 12.4 Å². The Morgan fingerprint density at radius 2 is 2.12 bits per heavy atom. The second-order valence-corrected chi connectivity index (χ2v) is 3.81. The summed E-state index contributed by atoms with van der Waals surface area (Å²) in [4.78, 5) is 4.18. The summed E-state index contributed by atoms with van der Waals surface area (Å²) >= 11 is 5.73. The summed E-state index contributed by atoms with van der Waals surface area (Å²) in [7, 11) is 0. The molecule has 1 aromatic heterocycles. The Balaban J connectivity index is 2.75. The van der Waals surface area contributed by atoms with Gasteiger partial charge < -0.3 is 4.57 Å². The molecule has 86 valence electrons. The molecule has 1 aromatic carbocycles. The summed E-state index contributed by atoms with van der Waals surface area (Å²) < 4.78 is 28.4. The van der Waals surface area contributed by atoms with E-state index in [4.69, 9.17) is 11.6 Å². The van der Waals surface area contributed by atoms with Gasteiger partial charge in [0.25, 0.3) is 0 Å². The minimum Gasteiger partial charge on any atom is -0.324 e. The fraction of sp³-hybridized carbons (Fsp3) is 0.364. The average molecular weight is 245 g/mol. The molecule has 0 aliphatic rings. The molecule has 0 saturated carbocycles. The van der Waals surface area contributed by atoms with Crippen LogP contribution in [0.15, 0.2) is 12.1 Å². The van der Waals surface area contributed by atoms with Gasteiger partial charge in [-0.3, -0.25) is 0 Å². The van der Waals surface area contributed by atoms with E-state index in [0.717, 1.165) is 12.5 Å². The molecule has 5 heteroatoms. The van der Waals surface area contributed by atoms with Crippen LogP contribution in [0.2, 0.25) is 0 Å². The Bertz CT molecular complexity index is 522. The van der Waals surface area contributed by atoms with Crippen molar-refractivity contribution in [2.45, 2.75) is 25.8 Å². The minimum absolute atomic E-state index is 0.190. The number of aryl methyl sites for hydroxylation is 1. The maximum Gasteiger partial charge on any atom is 0.184 e. The molecule has 0 aliphatic carbocycles. The number of rotatable bonds is 3. The zero-order chi connectivity index (χ0) is 11.7. The van der Waals surface area contributed by atoms with Crippen molar-refractivity contribution in [3.8, 4) is 0 Å². The van der Waals surface area contributed by atoms with Gasteiger partial charge in [0.1, 0.15) is 11.3 Å². The molecule has 0 amide bonds. The highest BCUT2D eigenvalue weighted by Gasteiger charge is 2.16. The van der Waals surface area contributed by atoms with E-state index in [1.165, 1.54) is 6.07 Å². The standard InChI is InChI=1S/C11H11ClF2N2/c1-2-5-16-9(6-12)15-8-4-3-7(13)10(14)11(8)16/h3-4H,2,5-6H2,1H3. The summed E-state index contributed by atoms with van der Waals surface area (Å²) in [6.45, 7) is 2.54. The van der Waals surface area contributed by atoms with Crippen LogP contribution in [0.4, 0.5) is 8.78 Å². The van der Waals surface area contributed by atoms with E-state index in [1.54, 1.807) is 4.57 Å². The van der Waals surface area contributed by atoms with Crippen molar-refractivity contribution in [3.05, 3.63) is 29.6 Å². The summed E-state index contributed by atoms with van der Waals surface area (Å²) in [5, 5.41) is 0. The smallest absolute Gasteiger partial charge is 0.184 e. The SMILES string of the molecule is CCCn1c(CCl)nc2ccc(F)c(F)c21. The van der Waals surface area contributed by atoms with Gasteiger partial charge >= 0.3 is 0 Å². The number of hydrogen-bond acceptors (Lipinski definition) is 1. The van der Waals surface area contributed by atoms with Crippen LogP contribution >= 0.6 is 11.6 Å². The predicted molar refractivity (Wildman–Crippen MR) is 59.5 cm³/mol. The lowest BCUT2D eigenvalue weighted by Crippen LogP contribution is -2.03. The molecule has 0 unspecified atom stereocenters. The Labute approximate surface area is 96.8 Å². The van der Waals surface area contributed by atoms with Crippen molar-refractivity contribution >= 4 is 22.6 Å². The molecule has 2 rings (SSSR count). The lowest BCUT2D eigenvalue weighted by atomic mass is 10.3. The number of aromatic nitrogens is 2. The molecule has 0 spiro atoms. The molecule has 0 N–H and O–H groups in total. The van der Waals surface area contributed by atoms with Gasteiger partial charge in [-0.1, -0.05) is 6.92 Å². The van der Waals surface area contributed by atoms with Gasteiger partial charge in [-0.25, -0.2) is 13.8 Å². The summed E-state index contributed by atoms with van der Waals surface area (Å²) in [6, 6.07) is 2.55. The van der Waals surface area contributed by atoms with Crippen molar-refractivity contribution < 1.29 is 8.78 Å². The topological polar surface area (TPSA) is 17.8 Å². The molecule has 0 saturated heterocycles. The van der Waals surface area contributed by atoms with Crippen molar-refractivity contribution in [1.82, 2.24) is 9.55 Å². The highest BCUT2D eigenvalue weighted by molar-refractivity contribution is 6.16. The van der Waals surface area contributed by atoms with E-state index >= 15 is 0 Å². The van der Waals surface area contributed by atoms with Crippen LogP contribution < -0.4 is 0 Å². The first-order valence-electron chi connectivity index (χ1n) is 5.08. The molecular formula is C11H11ClF2N2. The first kappa shape index (κ1) is 11.3. The van der Waals surface area contributed by atoms with Gasteiger partial charge in [-0.15, -0.1) is 11.6 Å². The average Bonchev–Trinajstić information content (AvgIpc) is 2.63. The molecule has 0 atom stereocenters. The molecule has 0 bridgehead atoms. The first-order valence-corrected chi connectivity index (χ1v) is 5.61. The fourth-order valence-corrected chi connectivity index (χ4v) is 1.98. The number of halogens is 3. The monoisotopic (exact) mass is 244 g/mol. The highest BCUT2D eigenvalue weighted by atomic mass is 35.5. The van der Waals surface area contributed by atoms with Gasteiger partial charge in [-0.05, 0) is 18.6 Å². The molecule has 16 heavy (non-hydrogen) atoms. The molecule has 0 fully saturated rings. The molecule has 2 aromatic rings. The van der Waals surface area contributed by atoms with E-state index in [9.17, 15) is 8.78 Å². The van der Waals surface area contributed by atoms with Gasteiger partial charge in [-0.2, -0.15) is 0 Å². The Morgan fingerprint density at radius 3 is 2.75 bits per heavy atom. The number of hydrogen-bond donors (Lipinski definition) is 0. The van der Waals surface area contributed by atoms with E-state index < -0.39 is 11.6 Å². The normalized spacial score (nSPS) is 11.2. The third-order valence-corrected chi connectivity index (χ3v) is 2.68. The lowest BCUT2D eigenvalue weighted by molar-refractivity contribution is 0.510. The van der Waals surface area contributed by atoms with Crippen LogP contribution in [-0.4, -0.2) is 9.55 Å². The van der Waals surface area contributed by atoms with E-state index in [0.29, 0.717) is 17.9 Å². The third kappa shape index (κ3) is 1.67. The number of alkyl halides is 1. The maximum atomic E-state index is 13.7. The van der Waals surface area contributed by atoms with Crippen molar-refractivity contribution in [2.24, 2.45) is 0 Å².